The third-order valence-corrected chi connectivity index (χ3v) is 4.18. The lowest BCUT2D eigenvalue weighted by molar-refractivity contribution is -0.132. The zero-order chi connectivity index (χ0) is 16.0. The first-order valence-corrected chi connectivity index (χ1v) is 7.94. The van der Waals surface area contributed by atoms with Gasteiger partial charge in [-0.25, -0.2) is 0 Å². The monoisotopic (exact) mass is 310 g/mol. The largest absolute Gasteiger partial charge is 0.339 e. The van der Waals surface area contributed by atoms with Crippen molar-refractivity contribution in [2.24, 2.45) is 17.6 Å². The van der Waals surface area contributed by atoms with Crippen molar-refractivity contribution >= 4 is 17.5 Å². The molecule has 4 heteroatoms. The Morgan fingerprint density at radius 1 is 1.24 bits per heavy atom. The van der Waals surface area contributed by atoms with E-state index in [-0.39, 0.29) is 17.9 Å². The van der Waals surface area contributed by atoms with Crippen molar-refractivity contribution in [3.63, 3.8) is 0 Å². The van der Waals surface area contributed by atoms with Gasteiger partial charge in [-0.3, -0.25) is 4.79 Å². The number of amides is 1. The summed E-state index contributed by atoms with van der Waals surface area (Å²) in [6.07, 6.45) is 1.51. The Kier molecular flexibility index (Phi) is 7.20. The van der Waals surface area contributed by atoms with E-state index in [1.54, 1.807) is 4.90 Å². The van der Waals surface area contributed by atoms with Gasteiger partial charge in [0.25, 0.3) is 0 Å². The Balaban J connectivity index is 2.66. The van der Waals surface area contributed by atoms with E-state index in [0.29, 0.717) is 23.9 Å². The number of hydrogen-bond acceptors (Lipinski definition) is 2. The Bertz CT molecular complexity index is 445. The van der Waals surface area contributed by atoms with Crippen LogP contribution in [0.5, 0.6) is 0 Å². The number of carbonyl (C=O) groups excluding carboxylic acids is 1. The summed E-state index contributed by atoms with van der Waals surface area (Å²) in [5.41, 5.74) is 6.87. The van der Waals surface area contributed by atoms with Crippen LogP contribution in [0.15, 0.2) is 24.3 Å². The van der Waals surface area contributed by atoms with E-state index >= 15 is 0 Å². The van der Waals surface area contributed by atoms with Crippen LogP contribution in [-0.4, -0.2) is 24.4 Å². The second-order valence-corrected chi connectivity index (χ2v) is 6.60. The minimum absolute atomic E-state index is 0.0345. The van der Waals surface area contributed by atoms with E-state index in [0.717, 1.165) is 12.0 Å². The molecular formula is C17H27ClN2O. The number of carbonyl (C=O) groups is 1. The molecule has 1 amide bonds. The number of rotatable bonds is 7. The van der Waals surface area contributed by atoms with E-state index in [9.17, 15) is 4.79 Å². The molecule has 0 aromatic heterocycles. The zero-order valence-electron chi connectivity index (χ0n) is 13.5. The van der Waals surface area contributed by atoms with Gasteiger partial charge in [0.2, 0.25) is 5.91 Å². The number of hydrogen-bond donors (Lipinski definition) is 1. The molecule has 0 spiro atoms. The molecule has 1 aromatic carbocycles. The molecular weight excluding hydrogens is 284 g/mol. The van der Waals surface area contributed by atoms with Gasteiger partial charge in [-0.1, -0.05) is 37.6 Å². The molecule has 0 fully saturated rings. The van der Waals surface area contributed by atoms with Crippen molar-refractivity contribution in [3.05, 3.63) is 34.9 Å². The lowest BCUT2D eigenvalue weighted by Gasteiger charge is -2.27. The Hall–Kier alpha value is -1.06. The molecule has 118 valence electrons. The van der Waals surface area contributed by atoms with Crippen molar-refractivity contribution in [3.8, 4) is 0 Å². The van der Waals surface area contributed by atoms with E-state index < -0.39 is 0 Å². The fourth-order valence-corrected chi connectivity index (χ4v) is 2.63. The Labute approximate surface area is 133 Å². The quantitative estimate of drug-likeness (QED) is 0.831. The van der Waals surface area contributed by atoms with Crippen LogP contribution in [0.3, 0.4) is 0 Å². The van der Waals surface area contributed by atoms with Crippen molar-refractivity contribution in [1.82, 2.24) is 4.90 Å². The highest BCUT2D eigenvalue weighted by atomic mass is 35.5. The van der Waals surface area contributed by atoms with Gasteiger partial charge < -0.3 is 10.6 Å². The van der Waals surface area contributed by atoms with Crippen LogP contribution in [0.1, 0.15) is 45.2 Å². The smallest absolute Gasteiger partial charge is 0.223 e. The first-order valence-electron chi connectivity index (χ1n) is 7.56. The van der Waals surface area contributed by atoms with Gasteiger partial charge in [-0.2, -0.15) is 0 Å². The molecule has 0 radical (unpaired) electrons. The summed E-state index contributed by atoms with van der Waals surface area (Å²) in [5, 5.41) is 0.708. The van der Waals surface area contributed by atoms with Crippen molar-refractivity contribution in [2.75, 3.05) is 13.6 Å². The Morgan fingerprint density at radius 2 is 1.81 bits per heavy atom. The maximum Gasteiger partial charge on any atom is 0.223 e. The fraction of sp³-hybridized carbons (Fsp3) is 0.588. The summed E-state index contributed by atoms with van der Waals surface area (Å²) < 4.78 is 0. The number of nitrogens with two attached hydrogens (primary N) is 1. The molecule has 0 aliphatic carbocycles. The molecule has 2 unspecified atom stereocenters. The predicted octanol–water partition coefficient (Wildman–Crippen LogP) is 3.87. The third-order valence-electron chi connectivity index (χ3n) is 3.93. The average molecular weight is 311 g/mol. The van der Waals surface area contributed by atoms with Gasteiger partial charge in [0.1, 0.15) is 0 Å². The van der Waals surface area contributed by atoms with Gasteiger partial charge in [0.15, 0.2) is 0 Å². The minimum Gasteiger partial charge on any atom is -0.339 e. The van der Waals surface area contributed by atoms with Crippen LogP contribution in [-0.2, 0) is 4.79 Å². The second kappa shape index (κ2) is 8.40. The highest BCUT2D eigenvalue weighted by molar-refractivity contribution is 6.30. The van der Waals surface area contributed by atoms with Gasteiger partial charge in [0, 0.05) is 18.5 Å². The average Bonchev–Trinajstić information content (AvgIpc) is 2.45. The summed E-state index contributed by atoms with van der Waals surface area (Å²) in [4.78, 5) is 14.2. The van der Waals surface area contributed by atoms with E-state index in [1.807, 2.05) is 38.2 Å². The molecule has 0 heterocycles. The molecule has 1 aromatic rings. The maximum atomic E-state index is 12.4. The summed E-state index contributed by atoms with van der Waals surface area (Å²) in [7, 11) is 1.85. The third kappa shape index (κ3) is 5.68. The zero-order valence-corrected chi connectivity index (χ0v) is 14.2. The van der Waals surface area contributed by atoms with Crippen LogP contribution in [0.2, 0.25) is 5.02 Å². The molecule has 0 saturated heterocycles. The van der Waals surface area contributed by atoms with Gasteiger partial charge >= 0.3 is 0 Å². The topological polar surface area (TPSA) is 46.3 Å². The minimum atomic E-state index is 0.0345. The summed E-state index contributed by atoms with van der Waals surface area (Å²) >= 11 is 5.90. The predicted molar refractivity (Wildman–Crippen MR) is 89.3 cm³/mol. The molecule has 0 bridgehead atoms. The fourth-order valence-electron chi connectivity index (χ4n) is 2.50. The highest BCUT2D eigenvalue weighted by Crippen LogP contribution is 2.23. The van der Waals surface area contributed by atoms with Crippen molar-refractivity contribution < 1.29 is 4.79 Å². The van der Waals surface area contributed by atoms with E-state index in [2.05, 4.69) is 13.8 Å². The van der Waals surface area contributed by atoms with E-state index in [4.69, 9.17) is 17.3 Å². The summed E-state index contributed by atoms with van der Waals surface area (Å²) in [5.74, 6) is 0.969. The van der Waals surface area contributed by atoms with Gasteiger partial charge in [-0.05, 0) is 49.4 Å². The number of halogens is 1. The van der Waals surface area contributed by atoms with Gasteiger partial charge in [-0.15, -0.1) is 0 Å². The van der Waals surface area contributed by atoms with Gasteiger partial charge in [0.05, 0.1) is 6.04 Å². The second-order valence-electron chi connectivity index (χ2n) is 6.17. The first kappa shape index (κ1) is 18.0. The molecule has 21 heavy (non-hydrogen) atoms. The standard InChI is InChI=1S/C17H27ClN2O/c1-12(2)9-14(11-19)10-17(21)20(4)13(3)15-5-7-16(18)8-6-15/h5-8,12-14H,9-11,19H2,1-4H3. The summed E-state index contributed by atoms with van der Waals surface area (Å²) in [6.45, 7) is 6.91. The lowest BCUT2D eigenvalue weighted by Crippen LogP contribution is -2.32. The molecule has 0 aliphatic rings. The first-order chi connectivity index (χ1) is 9.85. The summed E-state index contributed by atoms with van der Waals surface area (Å²) in [6, 6.07) is 7.67. The Morgan fingerprint density at radius 3 is 2.29 bits per heavy atom. The molecule has 0 aliphatic heterocycles. The van der Waals surface area contributed by atoms with Crippen LogP contribution < -0.4 is 5.73 Å². The molecule has 0 saturated carbocycles. The number of nitrogens with zero attached hydrogens (tertiary/aromatic N) is 1. The highest BCUT2D eigenvalue weighted by Gasteiger charge is 2.21. The maximum absolute atomic E-state index is 12.4. The number of benzene rings is 1. The van der Waals surface area contributed by atoms with Crippen molar-refractivity contribution in [1.29, 1.82) is 0 Å². The normalized spacial score (nSPS) is 14.0. The van der Waals surface area contributed by atoms with Crippen molar-refractivity contribution in [2.45, 2.75) is 39.7 Å². The molecule has 1 rings (SSSR count). The van der Waals surface area contributed by atoms with Crippen LogP contribution in [0.25, 0.3) is 0 Å². The van der Waals surface area contributed by atoms with Crippen LogP contribution >= 0.6 is 11.6 Å². The molecule has 3 nitrogen and oxygen atoms in total. The molecule has 2 atom stereocenters. The lowest BCUT2D eigenvalue weighted by atomic mass is 9.93. The van der Waals surface area contributed by atoms with E-state index in [1.165, 1.54) is 0 Å². The van der Waals surface area contributed by atoms with Crippen LogP contribution in [0.4, 0.5) is 0 Å². The SMILES string of the molecule is CC(C)CC(CN)CC(=O)N(C)C(C)c1ccc(Cl)cc1. The van der Waals surface area contributed by atoms with Crippen LogP contribution in [0, 0.1) is 11.8 Å². The molecule has 2 N–H and O–H groups in total.